The van der Waals surface area contributed by atoms with Crippen LogP contribution in [0.25, 0.3) is 0 Å². The van der Waals surface area contributed by atoms with Crippen molar-refractivity contribution in [2.75, 3.05) is 65.4 Å². The van der Waals surface area contributed by atoms with Crippen molar-refractivity contribution >= 4 is 27.6 Å². The molecular weight excluding hydrogens is 394 g/mol. The minimum Gasteiger partial charge on any atom is -0.495 e. The second-order valence-corrected chi connectivity index (χ2v) is 9.16. The molecule has 29 heavy (non-hydrogen) atoms. The van der Waals surface area contributed by atoms with Crippen molar-refractivity contribution in [2.24, 2.45) is 4.99 Å². The van der Waals surface area contributed by atoms with Crippen LogP contribution in [-0.4, -0.2) is 94.1 Å². The molecule has 0 atom stereocenters. The number of anilines is 1. The lowest BCUT2D eigenvalue weighted by molar-refractivity contribution is -0.125. The number of hydrogen-bond donors (Lipinski definition) is 0. The number of carbonyl (C=O) groups excluding carboxylic acids is 1. The fourth-order valence-corrected chi connectivity index (χ4v) is 4.64. The lowest BCUT2D eigenvalue weighted by Gasteiger charge is -2.36. The van der Waals surface area contributed by atoms with Crippen LogP contribution in [0, 0.1) is 0 Å². The van der Waals surface area contributed by atoms with Crippen molar-refractivity contribution in [3.05, 3.63) is 24.3 Å². The molecule has 2 fully saturated rings. The van der Waals surface area contributed by atoms with Crippen molar-refractivity contribution in [3.63, 3.8) is 0 Å². The first-order chi connectivity index (χ1) is 13.8. The molecule has 3 rings (SSSR count). The summed E-state index contributed by atoms with van der Waals surface area (Å²) in [6, 6.07) is 8.05. The van der Waals surface area contributed by atoms with Gasteiger partial charge < -0.3 is 9.64 Å². The Bertz CT molecular complexity index is 865. The van der Waals surface area contributed by atoms with Crippen molar-refractivity contribution in [1.29, 1.82) is 0 Å². The van der Waals surface area contributed by atoms with Gasteiger partial charge in [-0.2, -0.15) is 8.42 Å². The smallest absolute Gasteiger partial charge is 0.329 e. The summed E-state index contributed by atoms with van der Waals surface area (Å²) in [5.41, 5.74) is 1.12. The third kappa shape index (κ3) is 4.64. The highest BCUT2D eigenvalue weighted by Crippen LogP contribution is 2.28. The normalized spacial score (nSPS) is 21.7. The highest BCUT2D eigenvalue weighted by molar-refractivity contribution is 7.88. The lowest BCUT2D eigenvalue weighted by Crippen LogP contribution is -2.51. The van der Waals surface area contributed by atoms with Crippen LogP contribution in [-0.2, 0) is 15.0 Å². The molecule has 0 aliphatic carbocycles. The summed E-state index contributed by atoms with van der Waals surface area (Å²) in [7, 11) is 0.629. The second kappa shape index (κ2) is 9.00. The molecule has 1 aromatic carbocycles. The number of hydrogen-bond acceptors (Lipinski definition) is 7. The third-order valence-electron chi connectivity index (χ3n) is 5.44. The van der Waals surface area contributed by atoms with Gasteiger partial charge >= 0.3 is 10.2 Å². The number of benzene rings is 1. The number of amidine groups is 1. The average Bonchev–Trinajstić information content (AvgIpc) is 2.74. The number of carbonyl (C=O) groups is 1. The molecule has 1 aromatic rings. The Labute approximate surface area is 172 Å². The Morgan fingerprint density at radius 3 is 2.45 bits per heavy atom. The molecule has 0 aromatic heterocycles. The van der Waals surface area contributed by atoms with E-state index in [2.05, 4.69) is 20.9 Å². The molecule has 0 radical (unpaired) electrons. The van der Waals surface area contributed by atoms with Gasteiger partial charge in [0.05, 0.1) is 19.2 Å². The van der Waals surface area contributed by atoms with Gasteiger partial charge in [0.25, 0.3) is 0 Å². The number of methoxy groups -OCH3 is 1. The van der Waals surface area contributed by atoms with Gasteiger partial charge in [-0.25, -0.2) is 8.61 Å². The minimum absolute atomic E-state index is 0.0177. The molecule has 2 aliphatic rings. The van der Waals surface area contributed by atoms with Crippen LogP contribution in [0.2, 0.25) is 0 Å². The topological polar surface area (TPSA) is 85.8 Å². The Balaban J connectivity index is 1.47. The number of ether oxygens (including phenoxy) is 1. The van der Waals surface area contributed by atoms with Gasteiger partial charge in [0.1, 0.15) is 11.6 Å². The van der Waals surface area contributed by atoms with Gasteiger partial charge in [-0.15, -0.1) is 0 Å². The molecule has 0 N–H and O–H groups in total. The summed E-state index contributed by atoms with van der Waals surface area (Å²) in [5.74, 6) is 0.756. The summed E-state index contributed by atoms with van der Waals surface area (Å²) >= 11 is 0. The van der Waals surface area contributed by atoms with Crippen molar-refractivity contribution in [1.82, 2.24) is 13.5 Å². The molecule has 2 aliphatic heterocycles. The van der Waals surface area contributed by atoms with Crippen molar-refractivity contribution in [3.8, 4) is 5.75 Å². The quantitative estimate of drug-likeness (QED) is 0.625. The Morgan fingerprint density at radius 2 is 1.76 bits per heavy atom. The Morgan fingerprint density at radius 1 is 1.07 bits per heavy atom. The predicted octanol–water partition coefficient (Wildman–Crippen LogP) is 0.645. The second-order valence-electron chi connectivity index (χ2n) is 7.17. The van der Waals surface area contributed by atoms with E-state index in [1.807, 2.05) is 18.2 Å². The molecule has 10 heteroatoms. The highest BCUT2D eigenvalue weighted by Gasteiger charge is 2.36. The third-order valence-corrected chi connectivity index (χ3v) is 7.24. The van der Waals surface area contributed by atoms with Gasteiger partial charge in [0.15, 0.2) is 0 Å². The Hall–Kier alpha value is -2.33. The SMILES string of the molecule is COc1ccccc1N1CCN(CCCN=C2CC(=O)N(C)S(=O)(=O)N2C)CC1. The van der Waals surface area contributed by atoms with Crippen LogP contribution in [0.5, 0.6) is 5.75 Å². The number of para-hydroxylation sites is 2. The van der Waals surface area contributed by atoms with E-state index in [1.54, 1.807) is 7.11 Å². The van der Waals surface area contributed by atoms with Crippen molar-refractivity contribution in [2.45, 2.75) is 12.8 Å². The molecule has 2 heterocycles. The predicted molar refractivity (Wildman–Crippen MR) is 113 cm³/mol. The van der Waals surface area contributed by atoms with Crippen LogP contribution in [0.4, 0.5) is 5.69 Å². The zero-order valence-corrected chi connectivity index (χ0v) is 18.1. The summed E-state index contributed by atoms with van der Waals surface area (Å²) in [4.78, 5) is 20.9. The Kier molecular flexibility index (Phi) is 6.63. The summed E-state index contributed by atoms with van der Waals surface area (Å²) in [6.07, 6.45) is 0.833. The van der Waals surface area contributed by atoms with E-state index in [4.69, 9.17) is 4.74 Å². The fraction of sp³-hybridized carbons (Fsp3) is 0.579. The zero-order valence-electron chi connectivity index (χ0n) is 17.2. The fourth-order valence-electron chi connectivity index (χ4n) is 3.56. The largest absolute Gasteiger partial charge is 0.495 e. The first kappa shape index (κ1) is 21.4. The van der Waals surface area contributed by atoms with E-state index in [0.717, 1.165) is 59.2 Å². The number of amides is 1. The highest BCUT2D eigenvalue weighted by atomic mass is 32.2. The van der Waals surface area contributed by atoms with Crippen LogP contribution >= 0.6 is 0 Å². The van der Waals surface area contributed by atoms with Gasteiger partial charge in [0.2, 0.25) is 5.91 Å². The number of piperazine rings is 1. The first-order valence-electron chi connectivity index (χ1n) is 9.74. The van der Waals surface area contributed by atoms with Gasteiger partial charge in [-0.05, 0) is 18.6 Å². The molecule has 9 nitrogen and oxygen atoms in total. The number of rotatable bonds is 6. The first-order valence-corrected chi connectivity index (χ1v) is 11.1. The molecule has 0 unspecified atom stereocenters. The van der Waals surface area contributed by atoms with E-state index in [-0.39, 0.29) is 6.42 Å². The monoisotopic (exact) mass is 423 g/mol. The molecule has 0 bridgehead atoms. The molecular formula is C19H29N5O4S. The van der Waals surface area contributed by atoms with Gasteiger partial charge in [0, 0.05) is 53.4 Å². The van der Waals surface area contributed by atoms with Gasteiger partial charge in [-0.3, -0.25) is 14.7 Å². The van der Waals surface area contributed by atoms with Crippen molar-refractivity contribution < 1.29 is 17.9 Å². The zero-order chi connectivity index (χ0) is 21.0. The van der Waals surface area contributed by atoms with Crippen LogP contribution in [0.15, 0.2) is 29.3 Å². The average molecular weight is 424 g/mol. The molecule has 0 spiro atoms. The van der Waals surface area contributed by atoms with E-state index < -0.39 is 16.1 Å². The molecule has 1 amide bonds. The van der Waals surface area contributed by atoms with Crippen LogP contribution in [0.3, 0.4) is 0 Å². The molecule has 2 saturated heterocycles. The van der Waals surface area contributed by atoms with E-state index in [0.29, 0.717) is 12.4 Å². The summed E-state index contributed by atoms with van der Waals surface area (Å²) < 4.78 is 31.6. The summed E-state index contributed by atoms with van der Waals surface area (Å²) in [6.45, 7) is 5.14. The summed E-state index contributed by atoms with van der Waals surface area (Å²) in [5, 5.41) is 0. The van der Waals surface area contributed by atoms with Gasteiger partial charge in [-0.1, -0.05) is 12.1 Å². The maximum absolute atomic E-state index is 12.1. The maximum Gasteiger partial charge on any atom is 0.329 e. The van der Waals surface area contributed by atoms with E-state index >= 15 is 0 Å². The van der Waals surface area contributed by atoms with E-state index in [9.17, 15) is 13.2 Å². The molecule has 0 saturated carbocycles. The number of nitrogens with zero attached hydrogens (tertiary/aromatic N) is 5. The standard InChI is InChI=1S/C19H29N5O4S/c1-21-18(15-19(25)22(2)29(21,26)27)20-9-6-10-23-11-13-24(14-12-23)16-7-4-5-8-17(16)28-3/h4-5,7-8H,6,9-15H2,1-3H3. The van der Waals surface area contributed by atoms with Crippen LogP contribution < -0.4 is 9.64 Å². The maximum atomic E-state index is 12.1. The van der Waals surface area contributed by atoms with E-state index in [1.165, 1.54) is 14.1 Å². The van der Waals surface area contributed by atoms with Crippen LogP contribution in [0.1, 0.15) is 12.8 Å². The lowest BCUT2D eigenvalue weighted by atomic mass is 10.2. The number of aliphatic imine (C=N–C) groups is 1. The minimum atomic E-state index is -3.77. The molecule has 160 valence electrons.